The first-order valence-corrected chi connectivity index (χ1v) is 4.51. The number of Topliss-reactive ketones (excluding diaryl/α,β-unsaturated/α-hetero) is 1. The van der Waals surface area contributed by atoms with Gasteiger partial charge in [0.2, 0.25) is 0 Å². The fourth-order valence-corrected chi connectivity index (χ4v) is 1.02. The SMILES string of the molecule is NC(CCC[C@@H](N)C(=O)O)C(=O)C(F)(F)F. The maximum atomic E-state index is 11.9. The molecule has 0 aliphatic rings. The van der Waals surface area contributed by atoms with E-state index in [4.69, 9.17) is 16.6 Å². The van der Waals surface area contributed by atoms with Gasteiger partial charge in [-0.2, -0.15) is 13.2 Å². The van der Waals surface area contributed by atoms with E-state index in [1.807, 2.05) is 0 Å². The highest BCUT2D eigenvalue weighted by Gasteiger charge is 2.41. The molecule has 0 radical (unpaired) electrons. The van der Waals surface area contributed by atoms with Crippen LogP contribution in [0.5, 0.6) is 0 Å². The van der Waals surface area contributed by atoms with Gasteiger partial charge in [0.1, 0.15) is 6.04 Å². The number of halogens is 3. The number of ketones is 1. The summed E-state index contributed by atoms with van der Waals surface area (Å²) in [4.78, 5) is 20.8. The Bertz CT molecular complexity index is 268. The van der Waals surface area contributed by atoms with Crippen LogP contribution in [0.15, 0.2) is 0 Å². The van der Waals surface area contributed by atoms with Crippen LogP contribution in [0.1, 0.15) is 19.3 Å². The lowest BCUT2D eigenvalue weighted by Gasteiger charge is -2.13. The number of carbonyl (C=O) groups excluding carboxylic acids is 1. The summed E-state index contributed by atoms with van der Waals surface area (Å²) >= 11 is 0. The van der Waals surface area contributed by atoms with Gasteiger partial charge in [-0.25, -0.2) is 0 Å². The number of nitrogens with two attached hydrogens (primary N) is 2. The number of hydrogen-bond donors (Lipinski definition) is 3. The molecule has 0 aromatic carbocycles. The summed E-state index contributed by atoms with van der Waals surface area (Å²) < 4.78 is 35.6. The minimum absolute atomic E-state index is 0.0197. The molecule has 8 heteroatoms. The van der Waals surface area contributed by atoms with E-state index in [2.05, 4.69) is 0 Å². The molecule has 5 N–H and O–H groups in total. The molecule has 0 rings (SSSR count). The van der Waals surface area contributed by atoms with Crippen LogP contribution in [0.2, 0.25) is 0 Å². The number of hydrogen-bond acceptors (Lipinski definition) is 4. The molecule has 0 aromatic rings. The third kappa shape index (κ3) is 5.08. The van der Waals surface area contributed by atoms with Crippen molar-refractivity contribution in [3.63, 3.8) is 0 Å². The van der Waals surface area contributed by atoms with Gasteiger partial charge in [0, 0.05) is 0 Å². The van der Waals surface area contributed by atoms with Gasteiger partial charge in [-0.3, -0.25) is 9.59 Å². The Hall–Kier alpha value is -1.15. The topological polar surface area (TPSA) is 106 Å². The quantitative estimate of drug-likeness (QED) is 0.609. The minimum atomic E-state index is -4.95. The Morgan fingerprint density at radius 1 is 1.12 bits per heavy atom. The lowest BCUT2D eigenvalue weighted by Crippen LogP contribution is -2.40. The molecule has 0 heterocycles. The third-order valence-corrected chi connectivity index (χ3v) is 1.96. The molecule has 94 valence electrons. The van der Waals surface area contributed by atoms with E-state index in [1.54, 1.807) is 0 Å². The molecule has 2 atom stereocenters. The number of carboxylic acids is 1. The maximum absolute atomic E-state index is 11.9. The first-order valence-electron chi connectivity index (χ1n) is 4.51. The van der Waals surface area contributed by atoms with Crippen LogP contribution in [0.4, 0.5) is 13.2 Å². The van der Waals surface area contributed by atoms with Crippen LogP contribution in [0, 0.1) is 0 Å². The number of alkyl halides is 3. The summed E-state index contributed by atoms with van der Waals surface area (Å²) in [6, 6.07) is -2.80. The average molecular weight is 242 g/mol. The molecular weight excluding hydrogens is 229 g/mol. The monoisotopic (exact) mass is 242 g/mol. The molecule has 0 aliphatic carbocycles. The van der Waals surface area contributed by atoms with Crippen molar-refractivity contribution in [3.8, 4) is 0 Å². The minimum Gasteiger partial charge on any atom is -0.480 e. The Kier molecular flexibility index (Phi) is 5.39. The second kappa shape index (κ2) is 5.80. The van der Waals surface area contributed by atoms with Gasteiger partial charge in [0.05, 0.1) is 6.04 Å². The lowest BCUT2D eigenvalue weighted by molar-refractivity contribution is -0.172. The predicted molar refractivity (Wildman–Crippen MR) is 48.5 cm³/mol. The zero-order valence-corrected chi connectivity index (χ0v) is 8.33. The van der Waals surface area contributed by atoms with E-state index in [-0.39, 0.29) is 19.3 Å². The molecule has 5 nitrogen and oxygen atoms in total. The predicted octanol–water partition coefficient (Wildman–Crippen LogP) is 0.0273. The Morgan fingerprint density at radius 2 is 1.56 bits per heavy atom. The molecule has 0 aliphatic heterocycles. The van der Waals surface area contributed by atoms with Crippen LogP contribution in [0.25, 0.3) is 0 Å². The fraction of sp³-hybridized carbons (Fsp3) is 0.750. The highest BCUT2D eigenvalue weighted by atomic mass is 19.4. The van der Waals surface area contributed by atoms with Crippen molar-refractivity contribution < 1.29 is 27.9 Å². The number of rotatable bonds is 6. The molecule has 0 fully saturated rings. The second-order valence-corrected chi connectivity index (χ2v) is 3.34. The van der Waals surface area contributed by atoms with Crippen LogP contribution >= 0.6 is 0 Å². The smallest absolute Gasteiger partial charge is 0.451 e. The number of carboxylic acid groups (broad SMARTS) is 1. The summed E-state index contributed by atoms with van der Waals surface area (Å²) in [7, 11) is 0. The summed E-state index contributed by atoms with van der Waals surface area (Å²) in [5.74, 6) is -3.24. The largest absolute Gasteiger partial charge is 0.480 e. The van der Waals surface area contributed by atoms with Crippen LogP contribution < -0.4 is 11.5 Å². The molecule has 0 amide bonds. The average Bonchev–Trinajstić information content (AvgIpc) is 2.14. The second-order valence-electron chi connectivity index (χ2n) is 3.34. The highest BCUT2D eigenvalue weighted by molar-refractivity contribution is 5.88. The van der Waals surface area contributed by atoms with Gasteiger partial charge in [-0.15, -0.1) is 0 Å². The van der Waals surface area contributed by atoms with E-state index < -0.39 is 30.0 Å². The normalized spacial score (nSPS) is 15.6. The molecule has 0 bridgehead atoms. The fourth-order valence-electron chi connectivity index (χ4n) is 1.02. The summed E-state index contributed by atoms with van der Waals surface area (Å²) in [6.07, 6.45) is -5.15. The third-order valence-electron chi connectivity index (χ3n) is 1.96. The Labute approximate surface area is 89.6 Å². The van der Waals surface area contributed by atoms with Crippen molar-refractivity contribution in [2.24, 2.45) is 11.5 Å². The van der Waals surface area contributed by atoms with E-state index in [9.17, 15) is 22.8 Å². The van der Waals surface area contributed by atoms with Crippen LogP contribution in [-0.2, 0) is 9.59 Å². The molecule has 16 heavy (non-hydrogen) atoms. The van der Waals surface area contributed by atoms with Gasteiger partial charge in [0.25, 0.3) is 5.78 Å². The maximum Gasteiger partial charge on any atom is 0.451 e. The molecule has 0 spiro atoms. The molecule has 0 aromatic heterocycles. The van der Waals surface area contributed by atoms with Crippen molar-refractivity contribution in [3.05, 3.63) is 0 Å². The first-order chi connectivity index (χ1) is 7.16. The van der Waals surface area contributed by atoms with Crippen molar-refractivity contribution in [2.45, 2.75) is 37.5 Å². The van der Waals surface area contributed by atoms with E-state index in [1.165, 1.54) is 0 Å². The van der Waals surface area contributed by atoms with E-state index in [0.29, 0.717) is 0 Å². The lowest BCUT2D eigenvalue weighted by atomic mass is 10.0. The summed E-state index contributed by atoms with van der Waals surface area (Å²) in [5.41, 5.74) is 10.1. The summed E-state index contributed by atoms with van der Waals surface area (Å²) in [5, 5.41) is 8.38. The zero-order valence-electron chi connectivity index (χ0n) is 8.33. The zero-order chi connectivity index (χ0) is 12.9. The number of aliphatic carboxylic acids is 1. The molecular formula is C8H13F3N2O3. The van der Waals surface area contributed by atoms with Gasteiger partial charge < -0.3 is 16.6 Å². The highest BCUT2D eigenvalue weighted by Crippen LogP contribution is 2.19. The standard InChI is InChI=1S/C8H13F3N2O3/c9-8(10,11)6(14)4(12)2-1-3-5(13)7(15)16/h4-5H,1-3,12-13H2,(H,15,16)/t4?,5-/m1/s1. The van der Waals surface area contributed by atoms with Gasteiger partial charge in [-0.1, -0.05) is 0 Å². The van der Waals surface area contributed by atoms with Gasteiger partial charge in [-0.05, 0) is 19.3 Å². The first kappa shape index (κ1) is 14.8. The Morgan fingerprint density at radius 3 is 1.94 bits per heavy atom. The van der Waals surface area contributed by atoms with Crippen molar-refractivity contribution in [2.75, 3.05) is 0 Å². The van der Waals surface area contributed by atoms with E-state index in [0.717, 1.165) is 0 Å². The van der Waals surface area contributed by atoms with Crippen LogP contribution in [-0.4, -0.2) is 35.1 Å². The molecule has 0 saturated carbocycles. The van der Waals surface area contributed by atoms with Gasteiger partial charge >= 0.3 is 12.1 Å². The molecule has 1 unspecified atom stereocenters. The van der Waals surface area contributed by atoms with E-state index >= 15 is 0 Å². The number of carbonyl (C=O) groups is 2. The van der Waals surface area contributed by atoms with Crippen molar-refractivity contribution in [1.29, 1.82) is 0 Å². The van der Waals surface area contributed by atoms with Crippen molar-refractivity contribution >= 4 is 11.8 Å². The summed E-state index contributed by atoms with van der Waals surface area (Å²) in [6.45, 7) is 0. The Balaban J connectivity index is 3.95. The van der Waals surface area contributed by atoms with Crippen LogP contribution in [0.3, 0.4) is 0 Å². The van der Waals surface area contributed by atoms with Gasteiger partial charge in [0.15, 0.2) is 0 Å². The van der Waals surface area contributed by atoms with Crippen molar-refractivity contribution in [1.82, 2.24) is 0 Å². The molecule has 0 saturated heterocycles.